The molecule has 3 aromatic rings. The number of carbonyl (C=O) groups is 1. The van der Waals surface area contributed by atoms with Crippen molar-refractivity contribution in [2.45, 2.75) is 117 Å². The quantitative estimate of drug-likeness (QED) is 0.149. The smallest absolute Gasteiger partial charge is 0.311 e. The minimum Gasteiger partial charge on any atom is -0.483 e. The number of hydrogen-bond acceptors (Lipinski definition) is 5. The van der Waals surface area contributed by atoms with Crippen LogP contribution in [0.1, 0.15) is 114 Å². The maximum Gasteiger partial charge on any atom is 0.311 e. The van der Waals surface area contributed by atoms with E-state index in [9.17, 15) is 4.79 Å². The molecule has 0 amide bonds. The molecule has 0 radical (unpaired) electrons. The highest BCUT2D eigenvalue weighted by molar-refractivity contribution is 6.30. The first-order chi connectivity index (χ1) is 23.5. The Balaban J connectivity index is 1.39. The summed E-state index contributed by atoms with van der Waals surface area (Å²) in [6.45, 7) is 18.0. The zero-order valence-corrected chi connectivity index (χ0v) is 31.3. The lowest BCUT2D eigenvalue weighted by atomic mass is 9.70. The van der Waals surface area contributed by atoms with Gasteiger partial charge >= 0.3 is 5.97 Å². The second-order valence-electron chi connectivity index (χ2n) is 15.4. The molecular weight excluding hydrogens is 628 g/mol. The summed E-state index contributed by atoms with van der Waals surface area (Å²) in [6, 6.07) is 21.8. The van der Waals surface area contributed by atoms with Gasteiger partial charge in [-0.3, -0.25) is 9.69 Å². The van der Waals surface area contributed by atoms with E-state index >= 15 is 0 Å². The molecule has 3 aliphatic heterocycles. The van der Waals surface area contributed by atoms with Crippen molar-refractivity contribution in [1.29, 1.82) is 0 Å². The van der Waals surface area contributed by atoms with Gasteiger partial charge in [0.25, 0.3) is 0 Å². The Labute approximate surface area is 299 Å². The Bertz CT molecular complexity index is 1680. The van der Waals surface area contributed by atoms with Gasteiger partial charge in [-0.15, -0.1) is 0 Å². The van der Waals surface area contributed by atoms with E-state index in [2.05, 4.69) is 106 Å². The summed E-state index contributed by atoms with van der Waals surface area (Å²) < 4.78 is 13.4. The van der Waals surface area contributed by atoms with Crippen LogP contribution in [-0.4, -0.2) is 53.6 Å². The van der Waals surface area contributed by atoms with Gasteiger partial charge in [0, 0.05) is 42.5 Å². The number of likely N-dealkylation sites (tertiary alicyclic amines) is 1. The lowest BCUT2D eigenvalue weighted by molar-refractivity contribution is -0.134. The second-order valence-corrected chi connectivity index (χ2v) is 15.8. The van der Waals surface area contributed by atoms with Crippen LogP contribution in [0.5, 0.6) is 11.5 Å². The van der Waals surface area contributed by atoms with Crippen molar-refractivity contribution in [2.24, 2.45) is 0 Å². The van der Waals surface area contributed by atoms with Crippen LogP contribution < -0.4 is 9.47 Å². The molecule has 0 aliphatic carbocycles. The Morgan fingerprint density at radius 2 is 1.88 bits per heavy atom. The molecule has 1 fully saturated rings. The molecule has 2 atom stereocenters. The Morgan fingerprint density at radius 3 is 2.63 bits per heavy atom. The van der Waals surface area contributed by atoms with Gasteiger partial charge in [-0.2, -0.15) is 0 Å². The lowest BCUT2D eigenvalue weighted by Gasteiger charge is -2.43. The summed E-state index contributed by atoms with van der Waals surface area (Å²) in [7, 11) is 0. The summed E-state index contributed by atoms with van der Waals surface area (Å²) in [5.41, 5.74) is 7.41. The van der Waals surface area contributed by atoms with Crippen LogP contribution in [0.25, 0.3) is 5.57 Å². The zero-order valence-electron chi connectivity index (χ0n) is 30.5. The van der Waals surface area contributed by atoms with Gasteiger partial charge < -0.3 is 14.4 Å². The predicted molar refractivity (Wildman–Crippen MR) is 202 cm³/mol. The van der Waals surface area contributed by atoms with E-state index in [0.29, 0.717) is 18.2 Å². The molecule has 3 aromatic carbocycles. The molecule has 0 N–H and O–H groups in total. The molecular formula is C43H55ClN2O3. The first kappa shape index (κ1) is 35.7. The second kappa shape index (κ2) is 15.0. The molecule has 3 aliphatic rings. The van der Waals surface area contributed by atoms with Crippen LogP contribution in [0, 0.1) is 6.92 Å². The van der Waals surface area contributed by atoms with E-state index in [0.717, 1.165) is 80.3 Å². The third-order valence-electron chi connectivity index (χ3n) is 11.3. The zero-order chi connectivity index (χ0) is 34.8. The van der Waals surface area contributed by atoms with Gasteiger partial charge in [-0.1, -0.05) is 74.7 Å². The molecule has 0 aromatic heterocycles. The summed E-state index contributed by atoms with van der Waals surface area (Å²) >= 11 is 6.62. The maximum atomic E-state index is 13.7. The first-order valence-electron chi connectivity index (χ1n) is 18.6. The van der Waals surface area contributed by atoms with Crippen LogP contribution in [0.4, 0.5) is 0 Å². The highest BCUT2D eigenvalue weighted by Crippen LogP contribution is 2.51. The van der Waals surface area contributed by atoms with Crippen LogP contribution in [0.2, 0.25) is 5.02 Å². The van der Waals surface area contributed by atoms with Gasteiger partial charge in [-0.25, -0.2) is 0 Å². The molecule has 0 spiro atoms. The molecule has 0 saturated carbocycles. The minimum atomic E-state index is -0.473. The van der Waals surface area contributed by atoms with Crippen LogP contribution in [0.3, 0.4) is 0 Å². The van der Waals surface area contributed by atoms with E-state index < -0.39 is 5.60 Å². The highest BCUT2D eigenvalue weighted by atomic mass is 35.5. The van der Waals surface area contributed by atoms with Crippen molar-refractivity contribution in [3.8, 4) is 11.5 Å². The molecule has 262 valence electrons. The number of hydrogen-bond donors (Lipinski definition) is 0. The van der Waals surface area contributed by atoms with Crippen molar-refractivity contribution in [3.63, 3.8) is 0 Å². The lowest BCUT2D eigenvalue weighted by Crippen LogP contribution is -2.42. The van der Waals surface area contributed by atoms with Gasteiger partial charge in [0.1, 0.15) is 17.1 Å². The average molecular weight is 683 g/mol. The fourth-order valence-corrected chi connectivity index (χ4v) is 8.78. The Morgan fingerprint density at radius 1 is 1.08 bits per heavy atom. The predicted octanol–water partition coefficient (Wildman–Crippen LogP) is 10.1. The summed E-state index contributed by atoms with van der Waals surface area (Å²) in [4.78, 5) is 18.8. The van der Waals surface area contributed by atoms with Gasteiger partial charge in [0.15, 0.2) is 0 Å². The number of piperidine rings is 1. The number of carbonyl (C=O) groups excluding carboxylic acids is 1. The van der Waals surface area contributed by atoms with E-state index in [1.807, 2.05) is 6.07 Å². The third-order valence-corrected chi connectivity index (χ3v) is 11.5. The van der Waals surface area contributed by atoms with Crippen molar-refractivity contribution < 1.29 is 14.3 Å². The molecule has 0 bridgehead atoms. The number of nitrogens with zero attached hydrogens (tertiary/aromatic N) is 2. The normalized spacial score (nSPS) is 20.6. The minimum absolute atomic E-state index is 0.177. The van der Waals surface area contributed by atoms with Crippen molar-refractivity contribution in [1.82, 2.24) is 9.80 Å². The third kappa shape index (κ3) is 7.80. The van der Waals surface area contributed by atoms with Crippen molar-refractivity contribution >= 4 is 23.1 Å². The number of ether oxygens (including phenoxy) is 2. The summed E-state index contributed by atoms with van der Waals surface area (Å²) in [5, 5.41) is 0.725. The molecule has 6 rings (SSSR count). The van der Waals surface area contributed by atoms with Gasteiger partial charge in [0.05, 0.1) is 5.56 Å². The highest BCUT2D eigenvalue weighted by Gasteiger charge is 2.41. The average Bonchev–Trinajstić information content (AvgIpc) is 3.06. The summed E-state index contributed by atoms with van der Waals surface area (Å²) in [5.74, 6) is 1.24. The molecule has 5 nitrogen and oxygen atoms in total. The van der Waals surface area contributed by atoms with Crippen molar-refractivity contribution in [3.05, 3.63) is 99.1 Å². The van der Waals surface area contributed by atoms with Crippen LogP contribution >= 0.6 is 11.6 Å². The van der Waals surface area contributed by atoms with Gasteiger partial charge in [0.2, 0.25) is 0 Å². The van der Waals surface area contributed by atoms with Gasteiger partial charge in [-0.05, 0) is 131 Å². The number of rotatable bonds is 11. The number of halogens is 1. The molecule has 2 unspecified atom stereocenters. The topological polar surface area (TPSA) is 42.0 Å². The van der Waals surface area contributed by atoms with Crippen LogP contribution in [-0.2, 0) is 16.8 Å². The monoisotopic (exact) mass is 682 g/mol. The standard InChI is InChI=1S/C43H55ClN2O3/c1-7-21-43(6,37-27-34(44)19-18-30(37)2)33-25-38(48-40(47)17-13-23-46-22-12-11-14-31(46)3)41-35-29-45(28-32-15-9-8-10-16-32)24-20-36(35)42(4,5)49-39(41)26-33/h8-10,15-16,18-19,25-27,31H,7,11-14,17,20-24,28-29H2,1-6H3. The summed E-state index contributed by atoms with van der Waals surface area (Å²) in [6.07, 6.45) is 7.77. The molecule has 49 heavy (non-hydrogen) atoms. The largest absolute Gasteiger partial charge is 0.483 e. The van der Waals surface area contributed by atoms with Crippen molar-refractivity contribution in [2.75, 3.05) is 26.2 Å². The Hall–Kier alpha value is -3.12. The Kier molecular flexibility index (Phi) is 10.9. The fourth-order valence-electron chi connectivity index (χ4n) is 8.61. The molecule has 1 saturated heterocycles. The van der Waals surface area contributed by atoms with Crippen LogP contribution in [0.15, 0.2) is 66.2 Å². The molecule has 6 heteroatoms. The number of aryl methyl sites for hydroxylation is 1. The maximum absolute atomic E-state index is 13.7. The fraction of sp³-hybridized carbons (Fsp3) is 0.512. The first-order valence-corrected chi connectivity index (χ1v) is 18.9. The van der Waals surface area contributed by atoms with E-state index in [-0.39, 0.29) is 11.4 Å². The number of fused-ring (bicyclic) bond motifs is 2. The molecule has 3 heterocycles. The van der Waals surface area contributed by atoms with E-state index in [1.165, 1.54) is 47.1 Å². The number of esters is 1. The SMILES string of the molecule is CCCC(C)(c1cc(OC(=O)CCCN2CCCCC2C)c2c(c1)OC(C)(C)C1=C2CN(Cc2ccccc2)CC1)c1cc(Cl)ccc1C. The van der Waals surface area contributed by atoms with E-state index in [1.54, 1.807) is 0 Å². The number of benzene rings is 3. The van der Waals surface area contributed by atoms with E-state index in [4.69, 9.17) is 21.1 Å².